The summed E-state index contributed by atoms with van der Waals surface area (Å²) in [6.45, 7) is 5.19. The molecule has 1 aliphatic heterocycles. The highest BCUT2D eigenvalue weighted by Crippen LogP contribution is 2.10. The Labute approximate surface area is 99.7 Å². The molecule has 1 aromatic heterocycles. The molecule has 0 radical (unpaired) electrons. The summed E-state index contributed by atoms with van der Waals surface area (Å²) < 4.78 is 0. The van der Waals surface area contributed by atoms with Gasteiger partial charge < -0.3 is 4.90 Å². The fourth-order valence-corrected chi connectivity index (χ4v) is 1.89. The van der Waals surface area contributed by atoms with Crippen LogP contribution in [0.3, 0.4) is 0 Å². The molecule has 0 spiro atoms. The molecule has 0 saturated carbocycles. The molecule has 7 nitrogen and oxygen atoms in total. The lowest BCUT2D eigenvalue weighted by atomic mass is 10.3. The molecular weight excluding hydrogens is 218 g/mol. The van der Waals surface area contributed by atoms with E-state index in [1.165, 1.54) is 0 Å². The fraction of sp³-hybridized carbons (Fsp3) is 0.600. The average Bonchev–Trinajstić information content (AvgIpc) is 2.41. The van der Waals surface area contributed by atoms with Gasteiger partial charge >= 0.3 is 0 Å². The van der Waals surface area contributed by atoms with Crippen molar-refractivity contribution in [2.45, 2.75) is 0 Å². The maximum atomic E-state index is 8.20. The van der Waals surface area contributed by atoms with Crippen LogP contribution in [0.25, 0.3) is 10.4 Å². The predicted molar refractivity (Wildman–Crippen MR) is 64.7 cm³/mol. The van der Waals surface area contributed by atoms with E-state index in [0.29, 0.717) is 6.54 Å². The maximum absolute atomic E-state index is 8.20. The van der Waals surface area contributed by atoms with Crippen LogP contribution in [0.1, 0.15) is 0 Å². The Morgan fingerprint density at radius 3 is 2.76 bits per heavy atom. The van der Waals surface area contributed by atoms with E-state index in [2.05, 4.69) is 29.8 Å². The van der Waals surface area contributed by atoms with Crippen molar-refractivity contribution in [3.05, 3.63) is 29.0 Å². The third-order valence-corrected chi connectivity index (χ3v) is 2.83. The Hall–Kier alpha value is -1.85. The summed E-state index contributed by atoms with van der Waals surface area (Å²) in [6, 6.07) is 0. The normalized spacial score (nSPS) is 16.6. The number of rotatable bonds is 4. The van der Waals surface area contributed by atoms with Crippen molar-refractivity contribution in [1.29, 1.82) is 0 Å². The summed E-state index contributed by atoms with van der Waals surface area (Å²) in [6.07, 6.45) is 5.18. The molecule has 1 aliphatic rings. The highest BCUT2D eigenvalue weighted by Gasteiger charge is 2.17. The monoisotopic (exact) mass is 233 g/mol. The molecule has 1 saturated heterocycles. The molecule has 7 heteroatoms. The number of azide groups is 1. The third-order valence-electron chi connectivity index (χ3n) is 2.83. The fourth-order valence-electron chi connectivity index (χ4n) is 1.89. The molecule has 17 heavy (non-hydrogen) atoms. The highest BCUT2D eigenvalue weighted by molar-refractivity contribution is 5.35. The standard InChI is InChI=1S/C10H15N7/c11-15-14-3-4-16-5-7-17(8-6-16)10-9-12-1-2-13-10/h1-2,9H,3-8H2. The zero-order valence-corrected chi connectivity index (χ0v) is 9.61. The molecule has 0 N–H and O–H groups in total. The minimum atomic E-state index is 0.543. The second-order valence-corrected chi connectivity index (χ2v) is 3.85. The Morgan fingerprint density at radius 2 is 2.12 bits per heavy atom. The van der Waals surface area contributed by atoms with Crippen molar-refractivity contribution >= 4 is 5.82 Å². The molecule has 2 heterocycles. The summed E-state index contributed by atoms with van der Waals surface area (Å²) in [5, 5.41) is 3.55. The summed E-state index contributed by atoms with van der Waals surface area (Å²) in [5.41, 5.74) is 8.20. The second kappa shape index (κ2) is 6.03. The van der Waals surface area contributed by atoms with Gasteiger partial charge in [-0.3, -0.25) is 9.88 Å². The van der Waals surface area contributed by atoms with Crippen LogP contribution in [0.15, 0.2) is 23.7 Å². The van der Waals surface area contributed by atoms with Gasteiger partial charge in [-0.25, -0.2) is 4.98 Å². The zero-order valence-electron chi connectivity index (χ0n) is 9.61. The molecular formula is C10H15N7. The molecule has 0 bridgehead atoms. The summed E-state index contributed by atoms with van der Waals surface area (Å²) in [7, 11) is 0. The number of nitrogens with zero attached hydrogens (tertiary/aromatic N) is 7. The van der Waals surface area contributed by atoms with E-state index in [9.17, 15) is 0 Å². The van der Waals surface area contributed by atoms with Gasteiger partial charge in [0.25, 0.3) is 0 Å². The van der Waals surface area contributed by atoms with Crippen LogP contribution < -0.4 is 4.90 Å². The predicted octanol–water partition coefficient (Wildman–Crippen LogP) is 0.909. The van der Waals surface area contributed by atoms with E-state index in [1.807, 2.05) is 0 Å². The molecule has 0 aliphatic carbocycles. The van der Waals surface area contributed by atoms with Gasteiger partial charge in [0.15, 0.2) is 0 Å². The van der Waals surface area contributed by atoms with Crippen molar-refractivity contribution in [2.75, 3.05) is 44.2 Å². The van der Waals surface area contributed by atoms with Crippen molar-refractivity contribution in [3.63, 3.8) is 0 Å². The van der Waals surface area contributed by atoms with Crippen LogP contribution in [0.2, 0.25) is 0 Å². The minimum absolute atomic E-state index is 0.543. The lowest BCUT2D eigenvalue weighted by molar-refractivity contribution is 0.264. The zero-order chi connectivity index (χ0) is 11.9. The largest absolute Gasteiger partial charge is 0.353 e. The number of anilines is 1. The van der Waals surface area contributed by atoms with E-state index in [4.69, 9.17) is 5.53 Å². The third kappa shape index (κ3) is 3.30. The summed E-state index contributed by atoms with van der Waals surface area (Å²) >= 11 is 0. The first-order chi connectivity index (χ1) is 8.40. The molecule has 1 aromatic rings. The first-order valence-electron chi connectivity index (χ1n) is 5.64. The molecule has 0 aromatic carbocycles. The molecule has 0 amide bonds. The first-order valence-corrected chi connectivity index (χ1v) is 5.64. The van der Waals surface area contributed by atoms with Gasteiger partial charge in [-0.05, 0) is 5.53 Å². The lowest BCUT2D eigenvalue weighted by Gasteiger charge is -2.34. The Kier molecular flexibility index (Phi) is 4.12. The molecule has 0 unspecified atom stereocenters. The van der Waals surface area contributed by atoms with E-state index >= 15 is 0 Å². The molecule has 90 valence electrons. The van der Waals surface area contributed by atoms with Crippen molar-refractivity contribution in [3.8, 4) is 0 Å². The summed E-state index contributed by atoms with van der Waals surface area (Å²) in [4.78, 5) is 15.6. The van der Waals surface area contributed by atoms with Crippen LogP contribution in [-0.2, 0) is 0 Å². The lowest BCUT2D eigenvalue weighted by Crippen LogP contribution is -2.47. The summed E-state index contributed by atoms with van der Waals surface area (Å²) in [5.74, 6) is 0.933. The van der Waals surface area contributed by atoms with Gasteiger partial charge in [-0.15, -0.1) is 0 Å². The highest BCUT2D eigenvalue weighted by atomic mass is 15.3. The van der Waals surface area contributed by atoms with E-state index in [-0.39, 0.29) is 0 Å². The smallest absolute Gasteiger partial charge is 0.147 e. The van der Waals surface area contributed by atoms with Crippen LogP contribution >= 0.6 is 0 Å². The van der Waals surface area contributed by atoms with Crippen molar-refractivity contribution < 1.29 is 0 Å². The second-order valence-electron chi connectivity index (χ2n) is 3.85. The number of aromatic nitrogens is 2. The first kappa shape index (κ1) is 11.6. The Balaban J connectivity index is 1.80. The van der Waals surface area contributed by atoms with Gasteiger partial charge in [-0.1, -0.05) is 5.11 Å². The number of hydrogen-bond acceptors (Lipinski definition) is 5. The van der Waals surface area contributed by atoms with Gasteiger partial charge in [0.05, 0.1) is 6.20 Å². The van der Waals surface area contributed by atoms with Crippen LogP contribution in [0, 0.1) is 0 Å². The quantitative estimate of drug-likeness (QED) is 0.439. The van der Waals surface area contributed by atoms with Gasteiger partial charge in [0.2, 0.25) is 0 Å². The van der Waals surface area contributed by atoms with E-state index in [0.717, 1.165) is 38.5 Å². The van der Waals surface area contributed by atoms with Crippen LogP contribution in [0.4, 0.5) is 5.82 Å². The maximum Gasteiger partial charge on any atom is 0.147 e. The van der Waals surface area contributed by atoms with Crippen molar-refractivity contribution in [1.82, 2.24) is 14.9 Å². The van der Waals surface area contributed by atoms with Gasteiger partial charge in [0, 0.05) is 56.6 Å². The van der Waals surface area contributed by atoms with Gasteiger partial charge in [-0.2, -0.15) is 0 Å². The number of piperazine rings is 1. The van der Waals surface area contributed by atoms with E-state index in [1.54, 1.807) is 18.6 Å². The number of hydrogen-bond donors (Lipinski definition) is 0. The van der Waals surface area contributed by atoms with Crippen molar-refractivity contribution in [2.24, 2.45) is 5.11 Å². The molecule has 2 rings (SSSR count). The van der Waals surface area contributed by atoms with E-state index < -0.39 is 0 Å². The van der Waals surface area contributed by atoms with Gasteiger partial charge in [0.1, 0.15) is 5.82 Å². The Morgan fingerprint density at radius 1 is 1.29 bits per heavy atom. The van der Waals surface area contributed by atoms with Crippen LogP contribution in [-0.4, -0.2) is 54.1 Å². The van der Waals surface area contributed by atoms with Crippen LogP contribution in [0.5, 0.6) is 0 Å². The Bertz CT molecular complexity index is 379. The minimum Gasteiger partial charge on any atom is -0.353 e. The topological polar surface area (TPSA) is 81.0 Å². The SMILES string of the molecule is [N-]=[N+]=NCCN1CCN(c2cnccn2)CC1. The molecule has 1 fully saturated rings. The average molecular weight is 233 g/mol. The molecule has 0 atom stereocenters.